The molecule has 34 heavy (non-hydrogen) atoms. The highest BCUT2D eigenvalue weighted by Gasteiger charge is 2.90. The molecule has 0 rings (SSSR count). The zero-order valence-corrected chi connectivity index (χ0v) is 17.9. The fraction of sp³-hybridized carbons (Fsp3) is 0.842. The van der Waals surface area contributed by atoms with Gasteiger partial charge in [0.05, 0.1) is 0 Å². The summed E-state index contributed by atoms with van der Waals surface area (Å²) in [4.78, 5) is 13.0. The van der Waals surface area contributed by atoms with E-state index in [0.29, 0.717) is 13.0 Å². The molecule has 0 aliphatic heterocycles. The minimum Gasteiger partial charge on any atom is -0.339 e. The smallest absolute Gasteiger partial charge is 0.339 e. The fourth-order valence-electron chi connectivity index (χ4n) is 2.77. The van der Waals surface area contributed by atoms with Gasteiger partial charge >= 0.3 is 35.8 Å². The number of nitrogens with zero attached hydrogens (tertiary/aromatic N) is 1. The molecule has 0 spiro atoms. The third kappa shape index (κ3) is 6.49. The van der Waals surface area contributed by atoms with Crippen LogP contribution < -0.4 is 0 Å². The highest BCUT2D eigenvalue weighted by atomic mass is 19.4. The molecule has 0 atom stereocenters. The Bertz CT molecular complexity index is 674. The van der Waals surface area contributed by atoms with E-state index < -0.39 is 54.5 Å². The molecular weight excluding hydrogens is 505 g/mol. The predicted octanol–water partition coefficient (Wildman–Crippen LogP) is 7.49. The number of hydrogen-bond donors (Lipinski definition) is 0. The molecule has 0 unspecified atom stereocenters. The Labute approximate surface area is 187 Å². The molecule has 0 heterocycles. The number of amides is 1. The molecule has 0 bridgehead atoms. The van der Waals surface area contributed by atoms with Crippen molar-refractivity contribution in [1.29, 1.82) is 0 Å². The lowest BCUT2D eigenvalue weighted by atomic mass is 9.91. The van der Waals surface area contributed by atoms with Crippen molar-refractivity contribution in [3.63, 3.8) is 0 Å². The maximum Gasteiger partial charge on any atom is 0.460 e. The van der Waals surface area contributed by atoms with Crippen LogP contribution in [-0.4, -0.2) is 59.7 Å². The van der Waals surface area contributed by atoms with Crippen molar-refractivity contribution in [2.75, 3.05) is 13.1 Å². The minimum atomic E-state index is -7.87. The molecule has 0 saturated carbocycles. The first kappa shape index (κ1) is 32.3. The molecule has 15 heteroatoms. The summed E-state index contributed by atoms with van der Waals surface area (Å²) in [5.41, 5.74) is 0. The van der Waals surface area contributed by atoms with Crippen molar-refractivity contribution in [2.45, 2.75) is 87.7 Å². The number of rotatable bonds is 15. The lowest BCUT2D eigenvalue weighted by Gasteiger charge is -2.39. The second-order valence-corrected chi connectivity index (χ2v) is 7.55. The first-order valence-corrected chi connectivity index (χ1v) is 10.0. The summed E-state index contributed by atoms with van der Waals surface area (Å²) in [6, 6.07) is 0. The van der Waals surface area contributed by atoms with Crippen LogP contribution in [0, 0.1) is 0 Å². The Morgan fingerprint density at radius 3 is 1.56 bits per heavy atom. The van der Waals surface area contributed by atoms with Gasteiger partial charge in [-0.25, -0.2) is 0 Å². The molecule has 2 nitrogen and oxygen atoms in total. The third-order valence-corrected chi connectivity index (χ3v) is 4.94. The van der Waals surface area contributed by atoms with Gasteiger partial charge in [0.1, 0.15) is 0 Å². The number of carbonyl (C=O) groups is 1. The number of alkyl halides is 13. The first-order valence-electron chi connectivity index (χ1n) is 10.0. The largest absolute Gasteiger partial charge is 0.460 e. The molecule has 1 amide bonds. The van der Waals surface area contributed by atoms with E-state index in [1.54, 1.807) is 0 Å². The van der Waals surface area contributed by atoms with Crippen LogP contribution in [-0.2, 0) is 4.79 Å². The van der Waals surface area contributed by atoms with E-state index in [0.717, 1.165) is 12.5 Å². The molecule has 0 saturated heterocycles. The number of unbranched alkanes of at least 4 members (excludes halogenated alkanes) is 4. The molecule has 0 N–H and O–H groups in total. The fourth-order valence-corrected chi connectivity index (χ4v) is 2.77. The van der Waals surface area contributed by atoms with Crippen LogP contribution in [0.25, 0.3) is 0 Å². The average Bonchev–Trinajstić information content (AvgIpc) is 2.70. The average molecular weight is 529 g/mol. The van der Waals surface area contributed by atoms with Gasteiger partial charge in [-0.05, 0) is 25.3 Å². The quantitative estimate of drug-likeness (QED) is 0.122. The number of halogens is 13. The standard InChI is InChI=1S/C19H24F13NO/c1-3-5-11-33(13(34)4-2)12-9-7-6-8-10-14(20,21)15(22,23)16(24,25)17(26,27)18(28,29)19(30,31)32/h4H,2-3,5-12H2,1H3. The Hall–Kier alpha value is -1.70. The minimum absolute atomic E-state index is 0.00734. The zero-order chi connectivity index (χ0) is 27.2. The van der Waals surface area contributed by atoms with Crippen LogP contribution in [0.5, 0.6) is 0 Å². The van der Waals surface area contributed by atoms with E-state index in [1.165, 1.54) is 4.90 Å². The Kier molecular flexibility index (Phi) is 10.8. The molecule has 0 fully saturated rings. The molecular formula is C19H24F13NO. The maximum atomic E-state index is 13.7. The predicted molar refractivity (Wildman–Crippen MR) is 95.6 cm³/mol. The summed E-state index contributed by atoms with van der Waals surface area (Å²) < 4.78 is 169. The monoisotopic (exact) mass is 529 g/mol. The topological polar surface area (TPSA) is 20.3 Å². The summed E-state index contributed by atoms with van der Waals surface area (Å²) >= 11 is 0. The van der Waals surface area contributed by atoms with Gasteiger partial charge in [0.15, 0.2) is 0 Å². The van der Waals surface area contributed by atoms with Gasteiger partial charge in [0.2, 0.25) is 5.91 Å². The lowest BCUT2D eigenvalue weighted by Crippen LogP contribution is -2.70. The SMILES string of the molecule is C=CC(=O)N(CCCC)CCCCCCC(F)(F)C(F)(F)C(F)(F)C(F)(F)C(F)(F)C(F)(F)F. The van der Waals surface area contributed by atoms with Crippen LogP contribution in [0.3, 0.4) is 0 Å². The van der Waals surface area contributed by atoms with E-state index in [4.69, 9.17) is 0 Å². The molecule has 0 aromatic carbocycles. The van der Waals surface area contributed by atoms with Crippen molar-refractivity contribution in [3.05, 3.63) is 12.7 Å². The van der Waals surface area contributed by atoms with Gasteiger partial charge in [0.25, 0.3) is 0 Å². The third-order valence-electron chi connectivity index (χ3n) is 4.94. The maximum absolute atomic E-state index is 13.7. The molecule has 0 aliphatic carbocycles. The molecule has 202 valence electrons. The summed E-state index contributed by atoms with van der Waals surface area (Å²) in [5.74, 6) is -37.0. The van der Waals surface area contributed by atoms with Crippen molar-refractivity contribution in [3.8, 4) is 0 Å². The lowest BCUT2D eigenvalue weighted by molar-refractivity contribution is -0.440. The van der Waals surface area contributed by atoms with Gasteiger partial charge in [0, 0.05) is 19.5 Å². The van der Waals surface area contributed by atoms with E-state index >= 15 is 0 Å². The summed E-state index contributed by atoms with van der Waals surface area (Å²) in [5, 5.41) is 0. The van der Waals surface area contributed by atoms with Crippen LogP contribution in [0.2, 0.25) is 0 Å². The molecule has 0 radical (unpaired) electrons. The van der Waals surface area contributed by atoms with Crippen molar-refractivity contribution < 1.29 is 61.9 Å². The first-order chi connectivity index (χ1) is 15.2. The van der Waals surface area contributed by atoms with Crippen molar-refractivity contribution >= 4 is 5.91 Å². The van der Waals surface area contributed by atoms with E-state index in [-0.39, 0.29) is 25.8 Å². The van der Waals surface area contributed by atoms with E-state index in [1.807, 2.05) is 6.92 Å². The normalized spacial score (nSPS) is 14.3. The van der Waals surface area contributed by atoms with Crippen LogP contribution in [0.15, 0.2) is 12.7 Å². The van der Waals surface area contributed by atoms with Gasteiger partial charge in [-0.15, -0.1) is 0 Å². The summed E-state index contributed by atoms with van der Waals surface area (Å²) in [6.07, 6.45) is -8.34. The zero-order valence-electron chi connectivity index (χ0n) is 17.9. The van der Waals surface area contributed by atoms with Crippen LogP contribution >= 0.6 is 0 Å². The van der Waals surface area contributed by atoms with Gasteiger partial charge in [-0.3, -0.25) is 4.79 Å². The van der Waals surface area contributed by atoms with Crippen molar-refractivity contribution in [2.24, 2.45) is 0 Å². The van der Waals surface area contributed by atoms with Gasteiger partial charge in [-0.2, -0.15) is 57.1 Å². The molecule has 0 aromatic rings. The Morgan fingerprint density at radius 2 is 1.12 bits per heavy atom. The summed E-state index contributed by atoms with van der Waals surface area (Å²) in [6.45, 7) is 5.60. The Morgan fingerprint density at radius 1 is 0.676 bits per heavy atom. The van der Waals surface area contributed by atoms with Gasteiger partial charge in [-0.1, -0.05) is 32.8 Å². The van der Waals surface area contributed by atoms with Gasteiger partial charge < -0.3 is 4.90 Å². The molecule has 0 aliphatic rings. The highest BCUT2D eigenvalue weighted by Crippen LogP contribution is 2.60. The number of carbonyl (C=O) groups excluding carboxylic acids is 1. The van der Waals surface area contributed by atoms with Crippen LogP contribution in [0.4, 0.5) is 57.1 Å². The number of hydrogen-bond acceptors (Lipinski definition) is 1. The van der Waals surface area contributed by atoms with Crippen molar-refractivity contribution in [1.82, 2.24) is 4.90 Å². The van der Waals surface area contributed by atoms with Crippen LogP contribution in [0.1, 0.15) is 51.9 Å². The van der Waals surface area contributed by atoms with E-state index in [9.17, 15) is 61.9 Å². The highest BCUT2D eigenvalue weighted by molar-refractivity contribution is 5.86. The Balaban J connectivity index is 5.16. The second kappa shape index (κ2) is 11.4. The summed E-state index contributed by atoms with van der Waals surface area (Å²) in [7, 11) is 0. The second-order valence-electron chi connectivity index (χ2n) is 7.55. The van der Waals surface area contributed by atoms with E-state index in [2.05, 4.69) is 6.58 Å². The molecule has 0 aromatic heterocycles.